The van der Waals surface area contributed by atoms with Gasteiger partial charge in [0.2, 0.25) is 0 Å². The van der Waals surface area contributed by atoms with Crippen molar-refractivity contribution in [3.8, 4) is 0 Å². The van der Waals surface area contributed by atoms with E-state index in [1.807, 2.05) is 20.8 Å². The second-order valence-corrected chi connectivity index (χ2v) is 5.41. The van der Waals surface area contributed by atoms with Crippen LogP contribution in [-0.4, -0.2) is 36.7 Å². The van der Waals surface area contributed by atoms with E-state index in [9.17, 15) is 4.79 Å². The summed E-state index contributed by atoms with van der Waals surface area (Å²) in [5.74, 6) is 0.816. The summed E-state index contributed by atoms with van der Waals surface area (Å²) >= 11 is 0. The number of amides is 1. The monoisotopic (exact) mass is 225 g/mol. The maximum Gasteiger partial charge on any atom is 0.251 e. The SMILES string of the molecule is CC(C)(C)NC1=NC(C2CCOC2)C(=O)N1. The lowest BCUT2D eigenvalue weighted by Crippen LogP contribution is -2.47. The van der Waals surface area contributed by atoms with Gasteiger partial charge in [-0.15, -0.1) is 0 Å². The highest BCUT2D eigenvalue weighted by Crippen LogP contribution is 2.21. The normalized spacial score (nSPS) is 30.2. The van der Waals surface area contributed by atoms with Crippen molar-refractivity contribution in [3.63, 3.8) is 0 Å². The first kappa shape index (κ1) is 11.4. The van der Waals surface area contributed by atoms with Gasteiger partial charge in [-0.2, -0.15) is 0 Å². The minimum absolute atomic E-state index is 0.0118. The van der Waals surface area contributed by atoms with Gasteiger partial charge in [-0.3, -0.25) is 10.1 Å². The quantitative estimate of drug-likeness (QED) is 0.673. The highest BCUT2D eigenvalue weighted by molar-refractivity contribution is 6.05. The molecule has 2 rings (SSSR count). The number of carbonyl (C=O) groups is 1. The van der Waals surface area contributed by atoms with Gasteiger partial charge in [0.1, 0.15) is 6.04 Å². The van der Waals surface area contributed by atoms with Gasteiger partial charge in [0.15, 0.2) is 5.96 Å². The van der Waals surface area contributed by atoms with Gasteiger partial charge in [0.25, 0.3) is 5.91 Å². The van der Waals surface area contributed by atoms with Gasteiger partial charge in [0.05, 0.1) is 6.61 Å². The Bertz CT molecular complexity index is 314. The molecule has 0 aromatic carbocycles. The number of nitrogens with zero attached hydrogens (tertiary/aromatic N) is 1. The third-order valence-electron chi connectivity index (χ3n) is 2.68. The first-order valence-corrected chi connectivity index (χ1v) is 5.70. The fourth-order valence-electron chi connectivity index (χ4n) is 1.96. The van der Waals surface area contributed by atoms with Crippen LogP contribution in [0.2, 0.25) is 0 Å². The third-order valence-corrected chi connectivity index (χ3v) is 2.68. The van der Waals surface area contributed by atoms with Crippen LogP contribution in [0.25, 0.3) is 0 Å². The van der Waals surface area contributed by atoms with E-state index in [0.717, 1.165) is 13.0 Å². The maximum atomic E-state index is 11.7. The third kappa shape index (κ3) is 2.52. The number of nitrogens with one attached hydrogen (secondary N) is 2. The zero-order chi connectivity index (χ0) is 11.8. The molecule has 90 valence electrons. The lowest BCUT2D eigenvalue weighted by molar-refractivity contribution is -0.121. The van der Waals surface area contributed by atoms with Gasteiger partial charge in [-0.25, -0.2) is 4.99 Å². The molecule has 2 unspecified atom stereocenters. The summed E-state index contributed by atoms with van der Waals surface area (Å²) in [4.78, 5) is 16.1. The predicted molar refractivity (Wildman–Crippen MR) is 61.2 cm³/mol. The summed E-state index contributed by atoms with van der Waals surface area (Å²) in [5.41, 5.74) is -0.0901. The molecule has 0 bridgehead atoms. The van der Waals surface area contributed by atoms with Crippen LogP contribution in [0.15, 0.2) is 4.99 Å². The van der Waals surface area contributed by atoms with Crippen molar-refractivity contribution < 1.29 is 9.53 Å². The maximum absolute atomic E-state index is 11.7. The molecule has 2 N–H and O–H groups in total. The smallest absolute Gasteiger partial charge is 0.251 e. The molecule has 5 nitrogen and oxygen atoms in total. The van der Waals surface area contributed by atoms with E-state index in [1.54, 1.807) is 0 Å². The molecular weight excluding hydrogens is 206 g/mol. The average Bonchev–Trinajstić information content (AvgIpc) is 2.71. The zero-order valence-electron chi connectivity index (χ0n) is 10.0. The molecule has 0 radical (unpaired) electrons. The first-order valence-electron chi connectivity index (χ1n) is 5.70. The van der Waals surface area contributed by atoms with Gasteiger partial charge in [-0.05, 0) is 27.2 Å². The molecule has 1 saturated heterocycles. The van der Waals surface area contributed by atoms with Crippen molar-refractivity contribution in [1.29, 1.82) is 0 Å². The van der Waals surface area contributed by atoms with Crippen LogP contribution >= 0.6 is 0 Å². The summed E-state index contributed by atoms with van der Waals surface area (Å²) < 4.78 is 5.28. The number of hydrogen-bond donors (Lipinski definition) is 2. The predicted octanol–water partition coefficient (Wildman–Crippen LogP) is 0.265. The average molecular weight is 225 g/mol. The lowest BCUT2D eigenvalue weighted by atomic mass is 10.00. The summed E-state index contributed by atoms with van der Waals surface area (Å²) in [6.45, 7) is 7.49. The van der Waals surface area contributed by atoms with Crippen LogP contribution in [-0.2, 0) is 9.53 Å². The van der Waals surface area contributed by atoms with Gasteiger partial charge >= 0.3 is 0 Å². The molecule has 0 aromatic rings. The summed E-state index contributed by atoms with van der Waals surface area (Å²) in [6, 6.07) is -0.271. The molecular formula is C11H19N3O2. The van der Waals surface area contributed by atoms with Crippen molar-refractivity contribution in [2.45, 2.75) is 38.8 Å². The van der Waals surface area contributed by atoms with Gasteiger partial charge in [0, 0.05) is 18.1 Å². The van der Waals surface area contributed by atoms with Crippen molar-refractivity contribution in [2.75, 3.05) is 13.2 Å². The summed E-state index contributed by atoms with van der Waals surface area (Å²) in [5, 5.41) is 5.96. The minimum Gasteiger partial charge on any atom is -0.381 e. The van der Waals surface area contributed by atoms with Crippen LogP contribution in [0.5, 0.6) is 0 Å². The molecule has 2 aliphatic rings. The largest absolute Gasteiger partial charge is 0.381 e. The Labute approximate surface area is 95.6 Å². The van der Waals surface area contributed by atoms with E-state index in [-0.39, 0.29) is 23.4 Å². The first-order chi connectivity index (χ1) is 7.46. The topological polar surface area (TPSA) is 62.7 Å². The molecule has 0 aromatic heterocycles. The number of guanidine groups is 1. The second kappa shape index (κ2) is 4.05. The lowest BCUT2D eigenvalue weighted by Gasteiger charge is -2.21. The molecule has 0 aliphatic carbocycles. The van der Waals surface area contributed by atoms with E-state index in [4.69, 9.17) is 4.74 Å². The number of aliphatic imine (C=N–C) groups is 1. The Kier molecular flexibility index (Phi) is 2.88. The van der Waals surface area contributed by atoms with E-state index in [0.29, 0.717) is 12.6 Å². The zero-order valence-corrected chi connectivity index (χ0v) is 10.0. The van der Waals surface area contributed by atoms with Crippen LogP contribution in [0.1, 0.15) is 27.2 Å². The molecule has 1 fully saturated rings. The number of hydrogen-bond acceptors (Lipinski definition) is 4. The highest BCUT2D eigenvalue weighted by atomic mass is 16.5. The second-order valence-electron chi connectivity index (χ2n) is 5.41. The summed E-state index contributed by atoms with van der Waals surface area (Å²) in [6.07, 6.45) is 0.921. The Morgan fingerprint density at radius 2 is 2.25 bits per heavy atom. The number of rotatable bonds is 1. The van der Waals surface area contributed by atoms with E-state index in [1.165, 1.54) is 0 Å². The molecule has 2 atom stereocenters. The fraction of sp³-hybridized carbons (Fsp3) is 0.818. The number of carbonyl (C=O) groups excluding carboxylic acids is 1. The molecule has 0 saturated carbocycles. The van der Waals surface area contributed by atoms with Crippen LogP contribution < -0.4 is 10.6 Å². The van der Waals surface area contributed by atoms with E-state index < -0.39 is 0 Å². The fourth-order valence-corrected chi connectivity index (χ4v) is 1.96. The van der Waals surface area contributed by atoms with E-state index >= 15 is 0 Å². The van der Waals surface area contributed by atoms with Crippen molar-refractivity contribution >= 4 is 11.9 Å². The molecule has 16 heavy (non-hydrogen) atoms. The van der Waals surface area contributed by atoms with Crippen molar-refractivity contribution in [1.82, 2.24) is 10.6 Å². The summed E-state index contributed by atoms with van der Waals surface area (Å²) in [7, 11) is 0. The van der Waals surface area contributed by atoms with Crippen LogP contribution in [0.4, 0.5) is 0 Å². The molecule has 1 amide bonds. The molecule has 5 heteroatoms. The van der Waals surface area contributed by atoms with Crippen LogP contribution in [0, 0.1) is 5.92 Å². The van der Waals surface area contributed by atoms with Crippen LogP contribution in [0.3, 0.4) is 0 Å². The van der Waals surface area contributed by atoms with Gasteiger partial charge < -0.3 is 10.1 Å². The van der Waals surface area contributed by atoms with Gasteiger partial charge in [-0.1, -0.05) is 0 Å². The Balaban J connectivity index is 2.02. The number of ether oxygens (including phenoxy) is 1. The van der Waals surface area contributed by atoms with Crippen molar-refractivity contribution in [3.05, 3.63) is 0 Å². The molecule has 0 spiro atoms. The Morgan fingerprint density at radius 1 is 1.50 bits per heavy atom. The Hall–Kier alpha value is -1.10. The molecule has 2 aliphatic heterocycles. The van der Waals surface area contributed by atoms with Crippen molar-refractivity contribution in [2.24, 2.45) is 10.9 Å². The highest BCUT2D eigenvalue weighted by Gasteiger charge is 2.36. The Morgan fingerprint density at radius 3 is 2.81 bits per heavy atom. The van der Waals surface area contributed by atoms with E-state index in [2.05, 4.69) is 15.6 Å². The standard InChI is InChI=1S/C11H19N3O2/c1-11(2,3)14-10-12-8(9(15)13-10)7-4-5-16-6-7/h7-8H,4-6H2,1-3H3,(H2,12,13,14,15). The molecule has 2 heterocycles. The minimum atomic E-state index is -0.271.